The van der Waals surface area contributed by atoms with Crippen LogP contribution in [0, 0.1) is 5.92 Å². The number of hydrogen-bond acceptors (Lipinski definition) is 4. The number of nitrogens with one attached hydrogen (secondary N) is 3. The molecular weight excluding hydrogens is 404 g/mol. The van der Waals surface area contributed by atoms with E-state index in [1.807, 2.05) is 48.6 Å². The van der Waals surface area contributed by atoms with E-state index in [0.717, 1.165) is 49.3 Å². The van der Waals surface area contributed by atoms with Crippen LogP contribution in [0.15, 0.2) is 36.7 Å². The molecule has 0 spiro atoms. The largest absolute Gasteiger partial charge is 0.352 e. The molecule has 1 aromatic carbocycles. The molecule has 3 N–H and O–H groups in total. The zero-order valence-electron chi connectivity index (χ0n) is 17.1. The van der Waals surface area contributed by atoms with Crippen molar-refractivity contribution in [2.75, 3.05) is 31.5 Å². The van der Waals surface area contributed by atoms with Crippen LogP contribution in [0.1, 0.15) is 29.9 Å². The van der Waals surface area contributed by atoms with Crippen LogP contribution in [-0.4, -0.2) is 52.8 Å². The van der Waals surface area contributed by atoms with Crippen LogP contribution in [0.4, 0.5) is 10.5 Å². The molecule has 0 aliphatic carbocycles. The maximum atomic E-state index is 12.8. The number of aryl methyl sites for hydroxylation is 1. The predicted molar refractivity (Wildman–Crippen MR) is 118 cm³/mol. The number of benzene rings is 1. The second kappa shape index (κ2) is 9.95. The number of carbonyl (C=O) groups is 2. The molecule has 1 aromatic heterocycles. The molecule has 8 nitrogen and oxygen atoms in total. The van der Waals surface area contributed by atoms with Gasteiger partial charge >= 0.3 is 6.03 Å². The van der Waals surface area contributed by atoms with E-state index < -0.39 is 0 Å². The molecule has 3 heterocycles. The average Bonchev–Trinajstić information content (AvgIpc) is 3.47. The smallest absolute Gasteiger partial charge is 0.321 e. The SMILES string of the molecule is Cl.Cn1cc([C@H]2CNC[C@@H]2C(=O)NCc2cccc(NC(=O)N3CCCC3)c2)cn1. The maximum Gasteiger partial charge on any atom is 0.321 e. The highest BCUT2D eigenvalue weighted by Crippen LogP contribution is 2.28. The summed E-state index contributed by atoms with van der Waals surface area (Å²) in [5.41, 5.74) is 2.80. The molecule has 30 heavy (non-hydrogen) atoms. The first-order valence-electron chi connectivity index (χ1n) is 10.2. The van der Waals surface area contributed by atoms with Crippen molar-refractivity contribution in [3.63, 3.8) is 0 Å². The normalized spacial score (nSPS) is 20.6. The van der Waals surface area contributed by atoms with Gasteiger partial charge in [-0.3, -0.25) is 9.48 Å². The highest BCUT2D eigenvalue weighted by Gasteiger charge is 2.34. The molecule has 2 fully saturated rings. The summed E-state index contributed by atoms with van der Waals surface area (Å²) < 4.78 is 1.77. The lowest BCUT2D eigenvalue weighted by atomic mass is 9.90. The fourth-order valence-electron chi connectivity index (χ4n) is 4.14. The van der Waals surface area contributed by atoms with E-state index in [9.17, 15) is 9.59 Å². The summed E-state index contributed by atoms with van der Waals surface area (Å²) in [4.78, 5) is 26.9. The molecule has 0 saturated carbocycles. The van der Waals surface area contributed by atoms with E-state index in [4.69, 9.17) is 0 Å². The predicted octanol–water partition coefficient (Wildman–Crippen LogP) is 2.09. The number of hydrogen-bond donors (Lipinski definition) is 3. The van der Waals surface area contributed by atoms with Crippen LogP contribution in [-0.2, 0) is 18.4 Å². The standard InChI is InChI=1S/C21H28N6O2.ClH/c1-26-14-16(11-24-26)18-12-22-13-19(18)20(28)23-10-15-5-4-6-17(9-15)25-21(29)27-7-2-3-8-27;/h4-6,9,11,14,18-19,22H,2-3,7-8,10,12-13H2,1H3,(H,23,28)(H,25,29);1H/t18-,19+;/m1./s1. The van der Waals surface area contributed by atoms with E-state index in [-0.39, 0.29) is 36.2 Å². The van der Waals surface area contributed by atoms with E-state index in [1.54, 1.807) is 4.68 Å². The van der Waals surface area contributed by atoms with Gasteiger partial charge in [-0.05, 0) is 36.1 Å². The molecule has 0 unspecified atom stereocenters. The molecule has 2 aliphatic heterocycles. The van der Waals surface area contributed by atoms with E-state index in [0.29, 0.717) is 13.1 Å². The molecule has 9 heteroatoms. The van der Waals surface area contributed by atoms with Gasteiger partial charge in [0.05, 0.1) is 12.1 Å². The molecule has 3 amide bonds. The first-order chi connectivity index (χ1) is 14.1. The molecule has 2 atom stereocenters. The van der Waals surface area contributed by atoms with E-state index in [1.165, 1.54) is 0 Å². The quantitative estimate of drug-likeness (QED) is 0.674. The van der Waals surface area contributed by atoms with Gasteiger partial charge in [-0.2, -0.15) is 5.10 Å². The number of halogens is 1. The van der Waals surface area contributed by atoms with Crippen molar-refractivity contribution in [3.8, 4) is 0 Å². The Hall–Kier alpha value is -2.58. The third kappa shape index (κ3) is 5.12. The van der Waals surface area contributed by atoms with Crippen LogP contribution in [0.3, 0.4) is 0 Å². The van der Waals surface area contributed by atoms with Crippen LogP contribution < -0.4 is 16.0 Å². The molecule has 0 radical (unpaired) electrons. The second-order valence-corrected chi connectivity index (χ2v) is 7.86. The first-order valence-corrected chi connectivity index (χ1v) is 10.2. The van der Waals surface area contributed by atoms with Gasteiger partial charge in [0.15, 0.2) is 0 Å². The fraction of sp³-hybridized carbons (Fsp3) is 0.476. The van der Waals surface area contributed by atoms with E-state index >= 15 is 0 Å². The third-order valence-corrected chi connectivity index (χ3v) is 5.74. The zero-order chi connectivity index (χ0) is 20.2. The van der Waals surface area contributed by atoms with Gasteiger partial charge in [-0.15, -0.1) is 12.4 Å². The van der Waals surface area contributed by atoms with Crippen LogP contribution in [0.5, 0.6) is 0 Å². The molecule has 162 valence electrons. The highest BCUT2D eigenvalue weighted by atomic mass is 35.5. The number of anilines is 1. The minimum Gasteiger partial charge on any atom is -0.352 e. The number of urea groups is 1. The van der Waals surface area contributed by atoms with Gasteiger partial charge in [-0.25, -0.2) is 4.79 Å². The van der Waals surface area contributed by atoms with Gasteiger partial charge in [0.1, 0.15) is 0 Å². The van der Waals surface area contributed by atoms with Crippen molar-refractivity contribution in [2.45, 2.75) is 25.3 Å². The molecular formula is C21H29ClN6O2. The second-order valence-electron chi connectivity index (χ2n) is 7.86. The lowest BCUT2D eigenvalue weighted by Crippen LogP contribution is -2.34. The summed E-state index contributed by atoms with van der Waals surface area (Å²) >= 11 is 0. The Kier molecular flexibility index (Phi) is 7.33. The van der Waals surface area contributed by atoms with Crippen molar-refractivity contribution >= 4 is 30.0 Å². The number of amides is 3. The Morgan fingerprint density at radius 2 is 2.03 bits per heavy atom. The number of rotatable bonds is 5. The summed E-state index contributed by atoms with van der Waals surface area (Å²) in [6.45, 7) is 3.51. The Morgan fingerprint density at radius 3 is 2.77 bits per heavy atom. The van der Waals surface area contributed by atoms with Gasteiger partial charge < -0.3 is 20.9 Å². The van der Waals surface area contributed by atoms with Gasteiger partial charge in [0.2, 0.25) is 5.91 Å². The number of likely N-dealkylation sites (tertiary alicyclic amines) is 1. The van der Waals surface area contributed by atoms with Crippen molar-refractivity contribution in [1.82, 2.24) is 25.3 Å². The van der Waals surface area contributed by atoms with Crippen molar-refractivity contribution in [2.24, 2.45) is 13.0 Å². The fourth-order valence-corrected chi connectivity index (χ4v) is 4.14. The van der Waals surface area contributed by atoms with Gasteiger partial charge in [0, 0.05) is 57.6 Å². The molecule has 2 aromatic rings. The Bertz CT molecular complexity index is 880. The van der Waals surface area contributed by atoms with Crippen molar-refractivity contribution in [3.05, 3.63) is 47.8 Å². The van der Waals surface area contributed by atoms with Crippen molar-refractivity contribution in [1.29, 1.82) is 0 Å². The Balaban J connectivity index is 0.00000256. The van der Waals surface area contributed by atoms with Crippen LogP contribution >= 0.6 is 12.4 Å². The Morgan fingerprint density at radius 1 is 1.23 bits per heavy atom. The van der Waals surface area contributed by atoms with Crippen LogP contribution in [0.25, 0.3) is 0 Å². The molecule has 4 rings (SSSR count). The topological polar surface area (TPSA) is 91.3 Å². The lowest BCUT2D eigenvalue weighted by molar-refractivity contribution is -0.125. The summed E-state index contributed by atoms with van der Waals surface area (Å²) in [7, 11) is 1.89. The molecule has 0 bridgehead atoms. The maximum absolute atomic E-state index is 12.8. The number of carbonyl (C=O) groups excluding carboxylic acids is 2. The van der Waals surface area contributed by atoms with Crippen LogP contribution in [0.2, 0.25) is 0 Å². The highest BCUT2D eigenvalue weighted by molar-refractivity contribution is 5.89. The number of nitrogens with zero attached hydrogens (tertiary/aromatic N) is 3. The van der Waals surface area contributed by atoms with Gasteiger partial charge in [0.25, 0.3) is 0 Å². The van der Waals surface area contributed by atoms with E-state index in [2.05, 4.69) is 21.0 Å². The number of aromatic nitrogens is 2. The minimum atomic E-state index is -0.114. The summed E-state index contributed by atoms with van der Waals surface area (Å²) in [6, 6.07) is 7.59. The summed E-state index contributed by atoms with van der Waals surface area (Å²) in [6.07, 6.45) is 5.94. The monoisotopic (exact) mass is 432 g/mol. The minimum absolute atomic E-state index is 0. The first kappa shape index (κ1) is 22.1. The summed E-state index contributed by atoms with van der Waals surface area (Å²) in [5.74, 6) is 0.0578. The lowest BCUT2D eigenvalue weighted by Gasteiger charge is -2.18. The van der Waals surface area contributed by atoms with Crippen molar-refractivity contribution < 1.29 is 9.59 Å². The molecule has 2 aliphatic rings. The Labute approximate surface area is 182 Å². The molecule has 2 saturated heterocycles. The zero-order valence-corrected chi connectivity index (χ0v) is 18.0. The average molecular weight is 433 g/mol. The van der Waals surface area contributed by atoms with Gasteiger partial charge in [-0.1, -0.05) is 12.1 Å². The summed E-state index contributed by atoms with van der Waals surface area (Å²) in [5, 5.41) is 13.6. The third-order valence-electron chi connectivity index (χ3n) is 5.74.